The Balaban J connectivity index is 0.00000338. The lowest BCUT2D eigenvalue weighted by molar-refractivity contribution is -0.122. The topological polar surface area (TPSA) is 108 Å². The quantitative estimate of drug-likeness (QED) is 0.181. The minimum atomic E-state index is -0.153. The number of aliphatic imine (C=N–C) groups is 1. The molecule has 0 radical (unpaired) electrons. The van der Waals surface area contributed by atoms with Crippen molar-refractivity contribution in [3.05, 3.63) is 30.1 Å². The number of halogens is 1. The molecule has 0 aliphatic heterocycles. The SMILES string of the molecule is CCNC(=NCCNC(=O)C1CC1)NCCNC(=O)c1cccnc1.I. The monoisotopic (exact) mass is 474 g/mol. The van der Waals surface area contributed by atoms with E-state index in [2.05, 4.69) is 31.2 Å². The molecule has 1 aromatic heterocycles. The number of amides is 2. The number of aromatic nitrogens is 1. The summed E-state index contributed by atoms with van der Waals surface area (Å²) in [7, 11) is 0. The lowest BCUT2D eigenvalue weighted by Gasteiger charge is -2.12. The Bertz CT molecular complexity index is 592. The Labute approximate surface area is 171 Å². The highest BCUT2D eigenvalue weighted by molar-refractivity contribution is 14.0. The van der Waals surface area contributed by atoms with Crippen molar-refractivity contribution >= 4 is 41.8 Å². The van der Waals surface area contributed by atoms with Crippen LogP contribution in [0, 0.1) is 5.92 Å². The first-order chi connectivity index (χ1) is 12.2. The minimum Gasteiger partial charge on any atom is -0.357 e. The first kappa shape index (κ1) is 22.1. The van der Waals surface area contributed by atoms with Gasteiger partial charge in [0.25, 0.3) is 5.91 Å². The molecule has 1 aliphatic carbocycles. The fourth-order valence-corrected chi connectivity index (χ4v) is 2.13. The summed E-state index contributed by atoms with van der Waals surface area (Å²) in [5, 5.41) is 12.0. The fourth-order valence-electron chi connectivity index (χ4n) is 2.13. The molecule has 1 aromatic rings. The number of hydrogen-bond acceptors (Lipinski definition) is 4. The number of carbonyl (C=O) groups excluding carboxylic acids is 2. The fraction of sp³-hybridized carbons (Fsp3) is 0.529. The molecular weight excluding hydrogens is 447 g/mol. The third kappa shape index (κ3) is 8.45. The van der Waals surface area contributed by atoms with Crippen LogP contribution in [0.15, 0.2) is 29.5 Å². The lowest BCUT2D eigenvalue weighted by Crippen LogP contribution is -2.42. The van der Waals surface area contributed by atoms with Gasteiger partial charge in [-0.15, -0.1) is 24.0 Å². The van der Waals surface area contributed by atoms with Gasteiger partial charge in [-0.1, -0.05) is 0 Å². The van der Waals surface area contributed by atoms with Crippen LogP contribution >= 0.6 is 24.0 Å². The zero-order valence-electron chi connectivity index (χ0n) is 15.0. The van der Waals surface area contributed by atoms with E-state index in [4.69, 9.17) is 0 Å². The van der Waals surface area contributed by atoms with Crippen molar-refractivity contribution in [2.75, 3.05) is 32.7 Å². The van der Waals surface area contributed by atoms with E-state index in [1.165, 1.54) is 6.20 Å². The maximum Gasteiger partial charge on any atom is 0.252 e. The van der Waals surface area contributed by atoms with E-state index >= 15 is 0 Å². The van der Waals surface area contributed by atoms with Crippen LogP contribution in [0.2, 0.25) is 0 Å². The molecule has 26 heavy (non-hydrogen) atoms. The highest BCUT2D eigenvalue weighted by Crippen LogP contribution is 2.28. The summed E-state index contributed by atoms with van der Waals surface area (Å²) in [6.45, 7) is 4.78. The van der Waals surface area contributed by atoms with Gasteiger partial charge in [-0.3, -0.25) is 19.6 Å². The molecule has 0 saturated heterocycles. The van der Waals surface area contributed by atoms with E-state index in [-0.39, 0.29) is 41.7 Å². The van der Waals surface area contributed by atoms with Crippen molar-refractivity contribution in [1.82, 2.24) is 26.3 Å². The number of carbonyl (C=O) groups is 2. The highest BCUT2D eigenvalue weighted by Gasteiger charge is 2.28. The predicted molar refractivity (Wildman–Crippen MR) is 112 cm³/mol. The Kier molecular flexibility index (Phi) is 10.6. The molecule has 4 N–H and O–H groups in total. The van der Waals surface area contributed by atoms with Gasteiger partial charge >= 0.3 is 0 Å². The molecule has 1 fully saturated rings. The average Bonchev–Trinajstić information content (AvgIpc) is 3.47. The summed E-state index contributed by atoms with van der Waals surface area (Å²) in [5.41, 5.74) is 0.537. The van der Waals surface area contributed by atoms with Crippen molar-refractivity contribution < 1.29 is 9.59 Å². The third-order valence-corrected chi connectivity index (χ3v) is 3.60. The Morgan fingerprint density at radius 3 is 2.58 bits per heavy atom. The van der Waals surface area contributed by atoms with E-state index < -0.39 is 0 Å². The maximum atomic E-state index is 11.9. The molecule has 144 valence electrons. The first-order valence-electron chi connectivity index (χ1n) is 8.68. The smallest absolute Gasteiger partial charge is 0.252 e. The van der Waals surface area contributed by atoms with E-state index in [0.29, 0.717) is 37.7 Å². The Morgan fingerprint density at radius 1 is 1.15 bits per heavy atom. The van der Waals surface area contributed by atoms with E-state index in [1.807, 2.05) is 6.92 Å². The number of hydrogen-bond donors (Lipinski definition) is 4. The molecule has 2 rings (SSSR count). The second-order valence-electron chi connectivity index (χ2n) is 5.75. The maximum absolute atomic E-state index is 11.9. The number of nitrogens with one attached hydrogen (secondary N) is 4. The Hall–Kier alpha value is -1.91. The van der Waals surface area contributed by atoms with Gasteiger partial charge in [-0.05, 0) is 31.9 Å². The molecule has 2 amide bonds. The molecule has 0 aromatic carbocycles. The van der Waals surface area contributed by atoms with Gasteiger partial charge in [-0.25, -0.2) is 0 Å². The van der Waals surface area contributed by atoms with Crippen LogP contribution in [0.4, 0.5) is 0 Å². The number of guanidine groups is 1. The molecule has 1 aliphatic rings. The second kappa shape index (κ2) is 12.4. The minimum absolute atomic E-state index is 0. The van der Waals surface area contributed by atoms with Gasteiger partial charge in [0, 0.05) is 44.5 Å². The molecule has 0 spiro atoms. The van der Waals surface area contributed by atoms with Gasteiger partial charge in [0.1, 0.15) is 0 Å². The summed E-state index contributed by atoms with van der Waals surface area (Å²) < 4.78 is 0. The van der Waals surface area contributed by atoms with E-state index in [9.17, 15) is 9.59 Å². The molecule has 1 heterocycles. The summed E-state index contributed by atoms with van der Waals surface area (Å²) in [6, 6.07) is 3.45. The standard InChI is InChI=1S/C17H26N6O2.HI/c1-2-19-17(22-10-8-20-15(24)13-5-6-13)23-11-9-21-16(25)14-4-3-7-18-12-14;/h3-4,7,12-13H,2,5-6,8-11H2,1H3,(H,20,24)(H,21,25)(H2,19,22,23);1H. The van der Waals surface area contributed by atoms with Crippen molar-refractivity contribution in [3.8, 4) is 0 Å². The predicted octanol–water partition coefficient (Wildman–Crippen LogP) is 0.511. The average molecular weight is 474 g/mol. The second-order valence-corrected chi connectivity index (χ2v) is 5.75. The van der Waals surface area contributed by atoms with Crippen LogP contribution in [-0.4, -0.2) is 55.5 Å². The lowest BCUT2D eigenvalue weighted by atomic mass is 10.3. The Morgan fingerprint density at radius 2 is 1.92 bits per heavy atom. The summed E-state index contributed by atoms with van der Waals surface area (Å²) in [4.78, 5) is 31.7. The van der Waals surface area contributed by atoms with Gasteiger partial charge in [-0.2, -0.15) is 0 Å². The van der Waals surface area contributed by atoms with Crippen molar-refractivity contribution in [2.24, 2.45) is 10.9 Å². The van der Waals surface area contributed by atoms with E-state index in [1.54, 1.807) is 18.3 Å². The van der Waals surface area contributed by atoms with Gasteiger partial charge < -0.3 is 21.3 Å². The molecule has 0 atom stereocenters. The first-order valence-corrected chi connectivity index (χ1v) is 8.68. The van der Waals surface area contributed by atoms with Crippen LogP contribution in [0.1, 0.15) is 30.1 Å². The van der Waals surface area contributed by atoms with Crippen LogP contribution in [-0.2, 0) is 4.79 Å². The van der Waals surface area contributed by atoms with Crippen molar-refractivity contribution in [1.29, 1.82) is 0 Å². The summed E-state index contributed by atoms with van der Waals surface area (Å²) in [6.07, 6.45) is 5.17. The third-order valence-electron chi connectivity index (χ3n) is 3.60. The molecule has 0 unspecified atom stereocenters. The van der Waals surface area contributed by atoms with Crippen LogP contribution in [0.25, 0.3) is 0 Å². The van der Waals surface area contributed by atoms with Gasteiger partial charge in [0.05, 0.1) is 12.1 Å². The van der Waals surface area contributed by atoms with Gasteiger partial charge in [0.15, 0.2) is 5.96 Å². The molecule has 0 bridgehead atoms. The molecular formula is C17H27IN6O2. The normalized spacial score (nSPS) is 13.3. The molecule has 8 nitrogen and oxygen atoms in total. The summed E-state index contributed by atoms with van der Waals surface area (Å²) >= 11 is 0. The van der Waals surface area contributed by atoms with Crippen LogP contribution in [0.3, 0.4) is 0 Å². The number of rotatable bonds is 9. The van der Waals surface area contributed by atoms with E-state index in [0.717, 1.165) is 19.4 Å². The van der Waals surface area contributed by atoms with Crippen molar-refractivity contribution in [2.45, 2.75) is 19.8 Å². The number of pyridine rings is 1. The largest absolute Gasteiger partial charge is 0.357 e. The number of nitrogens with zero attached hydrogens (tertiary/aromatic N) is 2. The zero-order chi connectivity index (χ0) is 17.9. The zero-order valence-corrected chi connectivity index (χ0v) is 17.3. The van der Waals surface area contributed by atoms with Gasteiger partial charge in [0.2, 0.25) is 5.91 Å². The van der Waals surface area contributed by atoms with Crippen LogP contribution < -0.4 is 21.3 Å². The van der Waals surface area contributed by atoms with Crippen LogP contribution in [0.5, 0.6) is 0 Å². The summed E-state index contributed by atoms with van der Waals surface area (Å²) in [5.74, 6) is 0.864. The molecule has 1 saturated carbocycles. The molecule has 9 heteroatoms. The highest BCUT2D eigenvalue weighted by atomic mass is 127. The van der Waals surface area contributed by atoms with Crippen molar-refractivity contribution in [3.63, 3.8) is 0 Å².